The molecule has 9 heteroatoms. The maximum atomic E-state index is 14.2. The van der Waals surface area contributed by atoms with Crippen molar-refractivity contribution >= 4 is 34.0 Å². The molecule has 3 aromatic carbocycles. The van der Waals surface area contributed by atoms with Crippen LogP contribution >= 0.6 is 0 Å². The average molecular weight is 503 g/mol. The first kappa shape index (κ1) is 24.2. The fraction of sp³-hybridized carbons (Fsp3) is 0.214. The Balaban J connectivity index is 1.58. The van der Waals surface area contributed by atoms with Crippen molar-refractivity contribution in [2.24, 2.45) is 5.92 Å². The van der Waals surface area contributed by atoms with E-state index in [1.807, 2.05) is 0 Å². The van der Waals surface area contributed by atoms with Gasteiger partial charge < -0.3 is 19.9 Å². The highest BCUT2D eigenvalue weighted by Gasteiger charge is 2.58. The molecule has 0 spiro atoms. The van der Waals surface area contributed by atoms with E-state index in [1.54, 1.807) is 30.3 Å². The van der Waals surface area contributed by atoms with Crippen LogP contribution < -0.4 is 14.8 Å². The molecule has 1 aliphatic heterocycles. The smallest absolute Gasteiger partial charge is 0.259 e. The van der Waals surface area contributed by atoms with Crippen LogP contribution in [0.15, 0.2) is 54.3 Å². The zero-order chi connectivity index (χ0) is 26.6. The molecular weight excluding hydrogens is 481 g/mol. The number of aromatic hydroxyl groups is 1. The SMILES string of the molecule is COc1cc(O)c2c(c1C(=O)NCc1ccc(F)c3ccccc13)OC1=CC(=O)C(C(C)=O)C(=O)[C@]12C. The summed E-state index contributed by atoms with van der Waals surface area (Å²) in [5.74, 6) is -5.30. The first-order valence-corrected chi connectivity index (χ1v) is 11.5. The van der Waals surface area contributed by atoms with E-state index >= 15 is 0 Å². The van der Waals surface area contributed by atoms with Crippen LogP contribution in [0.25, 0.3) is 10.8 Å². The van der Waals surface area contributed by atoms with Crippen molar-refractivity contribution in [2.45, 2.75) is 25.8 Å². The summed E-state index contributed by atoms with van der Waals surface area (Å²) in [5, 5.41) is 14.6. The highest BCUT2D eigenvalue weighted by molar-refractivity contribution is 6.27. The van der Waals surface area contributed by atoms with Gasteiger partial charge in [0.15, 0.2) is 17.3 Å². The van der Waals surface area contributed by atoms with Gasteiger partial charge in [-0.2, -0.15) is 0 Å². The lowest BCUT2D eigenvalue weighted by Crippen LogP contribution is -2.47. The maximum Gasteiger partial charge on any atom is 0.259 e. The largest absolute Gasteiger partial charge is 0.507 e. The van der Waals surface area contributed by atoms with E-state index in [0.717, 1.165) is 13.0 Å². The Morgan fingerprint density at radius 3 is 2.54 bits per heavy atom. The third kappa shape index (κ3) is 3.49. The summed E-state index contributed by atoms with van der Waals surface area (Å²) in [7, 11) is 1.30. The lowest BCUT2D eigenvalue weighted by molar-refractivity contribution is -0.140. The van der Waals surface area contributed by atoms with Gasteiger partial charge in [-0.1, -0.05) is 30.3 Å². The molecule has 37 heavy (non-hydrogen) atoms. The van der Waals surface area contributed by atoms with Crippen molar-refractivity contribution in [1.29, 1.82) is 0 Å². The van der Waals surface area contributed by atoms with E-state index in [2.05, 4.69) is 5.32 Å². The number of nitrogens with one attached hydrogen (secondary N) is 1. The first-order valence-electron chi connectivity index (χ1n) is 11.5. The first-order chi connectivity index (χ1) is 17.6. The van der Waals surface area contributed by atoms with Gasteiger partial charge in [0.1, 0.15) is 45.8 Å². The average Bonchev–Trinajstić information content (AvgIpc) is 3.16. The second kappa shape index (κ2) is 8.55. The zero-order valence-corrected chi connectivity index (χ0v) is 20.2. The molecular formula is C28H22FNO7. The summed E-state index contributed by atoms with van der Waals surface area (Å²) < 4.78 is 25.4. The minimum Gasteiger partial charge on any atom is -0.507 e. The number of carbonyl (C=O) groups is 4. The Labute approximate surface area is 210 Å². The van der Waals surface area contributed by atoms with Crippen LogP contribution in [0.3, 0.4) is 0 Å². The molecule has 1 amide bonds. The van der Waals surface area contributed by atoms with Gasteiger partial charge >= 0.3 is 0 Å². The van der Waals surface area contributed by atoms with Crippen LogP contribution in [-0.2, 0) is 26.3 Å². The van der Waals surface area contributed by atoms with E-state index in [9.17, 15) is 28.7 Å². The monoisotopic (exact) mass is 503 g/mol. The number of benzene rings is 3. The van der Waals surface area contributed by atoms with Gasteiger partial charge in [0, 0.05) is 24.1 Å². The van der Waals surface area contributed by atoms with Crippen LogP contribution in [0.5, 0.6) is 17.2 Å². The number of phenolic OH excluding ortho intramolecular Hbond substituents is 1. The van der Waals surface area contributed by atoms with Crippen molar-refractivity contribution in [3.63, 3.8) is 0 Å². The lowest BCUT2D eigenvalue weighted by atomic mass is 9.67. The Morgan fingerprint density at radius 1 is 1.16 bits per heavy atom. The minimum atomic E-state index is -1.65. The van der Waals surface area contributed by atoms with Crippen molar-refractivity contribution in [3.05, 3.63) is 76.8 Å². The van der Waals surface area contributed by atoms with E-state index in [4.69, 9.17) is 9.47 Å². The number of rotatable bonds is 5. The van der Waals surface area contributed by atoms with Crippen LogP contribution in [0.4, 0.5) is 4.39 Å². The molecule has 188 valence electrons. The van der Waals surface area contributed by atoms with Gasteiger partial charge in [0.25, 0.3) is 5.91 Å². The van der Waals surface area contributed by atoms with Crippen LogP contribution in [0, 0.1) is 11.7 Å². The van der Waals surface area contributed by atoms with Crippen LogP contribution in [-0.4, -0.2) is 35.5 Å². The number of ether oxygens (including phenoxy) is 2. The highest BCUT2D eigenvalue weighted by Crippen LogP contribution is 2.56. The standard InChI is InChI=1S/C28H22FNO7/c1-13(31)22-18(32)11-21-28(2,26(22)34)24-19(33)10-20(36-3)23(25(24)37-21)27(35)30-12-14-8-9-17(29)16-7-5-4-6-15(14)16/h4-11,22,33H,12H2,1-3H3,(H,30,35)/t22?,28-/m1/s1. The Bertz CT molecular complexity index is 1570. The number of ketones is 3. The predicted molar refractivity (Wildman–Crippen MR) is 130 cm³/mol. The number of Topliss-reactive ketones (excluding diaryl/α,β-unsaturated/α-hetero) is 2. The molecule has 2 aliphatic rings. The number of methoxy groups -OCH3 is 1. The third-order valence-corrected chi connectivity index (χ3v) is 7.00. The summed E-state index contributed by atoms with van der Waals surface area (Å²) in [6.45, 7) is 2.61. The van der Waals surface area contributed by atoms with Crippen molar-refractivity contribution in [1.82, 2.24) is 5.32 Å². The Morgan fingerprint density at radius 2 is 1.86 bits per heavy atom. The van der Waals surface area contributed by atoms with Gasteiger partial charge in [0.05, 0.1) is 12.7 Å². The van der Waals surface area contributed by atoms with Crippen LogP contribution in [0.1, 0.15) is 35.3 Å². The van der Waals surface area contributed by atoms with Gasteiger partial charge in [-0.05, 0) is 30.9 Å². The molecule has 2 atom stereocenters. The molecule has 8 nitrogen and oxygen atoms in total. The summed E-state index contributed by atoms with van der Waals surface area (Å²) >= 11 is 0. The molecule has 0 fully saturated rings. The summed E-state index contributed by atoms with van der Waals surface area (Å²) in [6.07, 6.45) is 1.06. The quantitative estimate of drug-likeness (QED) is 0.512. The van der Waals surface area contributed by atoms with E-state index < -0.39 is 34.6 Å². The topological polar surface area (TPSA) is 119 Å². The van der Waals surface area contributed by atoms with Gasteiger partial charge in [0.2, 0.25) is 0 Å². The number of fused-ring (bicyclic) bond motifs is 4. The molecule has 0 saturated carbocycles. The molecule has 0 bridgehead atoms. The number of amides is 1. The number of hydrogen-bond acceptors (Lipinski definition) is 7. The predicted octanol–water partition coefficient (Wildman–Crippen LogP) is 3.51. The van der Waals surface area contributed by atoms with Gasteiger partial charge in [-0.15, -0.1) is 0 Å². The van der Waals surface area contributed by atoms with Gasteiger partial charge in [-0.25, -0.2) is 4.39 Å². The maximum absolute atomic E-state index is 14.2. The lowest BCUT2D eigenvalue weighted by Gasteiger charge is -2.30. The molecule has 3 aromatic rings. The summed E-state index contributed by atoms with van der Waals surface area (Å²) in [5.41, 5.74) is -1.12. The number of hydrogen-bond donors (Lipinski definition) is 2. The van der Waals surface area contributed by atoms with E-state index in [-0.39, 0.29) is 46.5 Å². The molecule has 0 saturated heterocycles. The van der Waals surface area contributed by atoms with E-state index in [0.29, 0.717) is 16.3 Å². The number of allylic oxidation sites excluding steroid dienone is 2. The van der Waals surface area contributed by atoms with Crippen LogP contribution in [0.2, 0.25) is 0 Å². The van der Waals surface area contributed by atoms with E-state index in [1.165, 1.54) is 26.2 Å². The molecule has 0 aromatic heterocycles. The minimum absolute atomic E-state index is 0.0255. The molecule has 1 heterocycles. The summed E-state index contributed by atoms with van der Waals surface area (Å²) in [6, 6.07) is 10.9. The molecule has 5 rings (SSSR count). The second-order valence-corrected chi connectivity index (χ2v) is 9.16. The Kier molecular flexibility index (Phi) is 5.58. The van der Waals surface area contributed by atoms with Crippen molar-refractivity contribution < 1.29 is 38.1 Å². The van der Waals surface area contributed by atoms with Crippen molar-refractivity contribution in [3.8, 4) is 17.2 Å². The number of halogens is 1. The fourth-order valence-electron chi connectivity index (χ4n) is 5.09. The fourth-order valence-corrected chi connectivity index (χ4v) is 5.09. The summed E-state index contributed by atoms with van der Waals surface area (Å²) in [4.78, 5) is 51.4. The molecule has 1 unspecified atom stereocenters. The highest BCUT2D eigenvalue weighted by atomic mass is 19.1. The van der Waals surface area contributed by atoms with Crippen molar-refractivity contribution in [2.75, 3.05) is 7.11 Å². The normalized spacial score (nSPS) is 20.1. The third-order valence-electron chi connectivity index (χ3n) is 7.00. The number of phenols is 1. The molecule has 2 N–H and O–H groups in total. The molecule has 1 aliphatic carbocycles. The van der Waals surface area contributed by atoms with Gasteiger partial charge in [-0.3, -0.25) is 19.2 Å². The number of carbonyl (C=O) groups excluding carboxylic acids is 4. The molecule has 0 radical (unpaired) electrons. The Hall–Kier alpha value is -4.53. The second-order valence-electron chi connectivity index (χ2n) is 9.16. The zero-order valence-electron chi connectivity index (χ0n) is 20.2.